The van der Waals surface area contributed by atoms with Gasteiger partial charge in [-0.05, 0) is 36.7 Å². The standard InChI is InChI=1S/C19H28N2O2/c1-15-13-21(10-7-17(15)16-5-3-2-4-6-16)18(22)19(14-20)8-11-23-12-9-19/h2-6,15,17H,7-14,20H2,1H3. The number of ether oxygens (including phenoxy) is 1. The lowest BCUT2D eigenvalue weighted by Gasteiger charge is -2.43. The second-order valence-electron chi connectivity index (χ2n) is 7.13. The topological polar surface area (TPSA) is 55.6 Å². The van der Waals surface area contributed by atoms with Crippen molar-refractivity contribution in [3.63, 3.8) is 0 Å². The second kappa shape index (κ2) is 7.02. The first-order valence-corrected chi connectivity index (χ1v) is 8.78. The first-order valence-electron chi connectivity index (χ1n) is 8.78. The quantitative estimate of drug-likeness (QED) is 0.931. The zero-order valence-electron chi connectivity index (χ0n) is 14.0. The summed E-state index contributed by atoms with van der Waals surface area (Å²) in [5.41, 5.74) is 7.00. The predicted molar refractivity (Wildman–Crippen MR) is 91.1 cm³/mol. The normalized spacial score (nSPS) is 27.7. The minimum Gasteiger partial charge on any atom is -0.381 e. The number of likely N-dealkylation sites (tertiary alicyclic amines) is 1. The molecule has 0 spiro atoms. The lowest BCUT2D eigenvalue weighted by Crippen LogP contribution is -2.53. The highest BCUT2D eigenvalue weighted by Crippen LogP contribution is 2.37. The van der Waals surface area contributed by atoms with Crippen molar-refractivity contribution in [2.45, 2.75) is 32.1 Å². The van der Waals surface area contributed by atoms with Crippen LogP contribution in [0.1, 0.15) is 37.7 Å². The maximum atomic E-state index is 13.1. The average Bonchev–Trinajstić information content (AvgIpc) is 2.62. The zero-order valence-corrected chi connectivity index (χ0v) is 14.0. The summed E-state index contributed by atoms with van der Waals surface area (Å²) in [5.74, 6) is 1.27. The molecule has 2 atom stereocenters. The van der Waals surface area contributed by atoms with Crippen LogP contribution >= 0.6 is 0 Å². The molecule has 2 aliphatic heterocycles. The van der Waals surface area contributed by atoms with E-state index in [0.717, 1.165) is 32.4 Å². The van der Waals surface area contributed by atoms with Crippen LogP contribution in [0.25, 0.3) is 0 Å². The Labute approximate surface area is 139 Å². The van der Waals surface area contributed by atoms with Gasteiger partial charge in [0.15, 0.2) is 0 Å². The van der Waals surface area contributed by atoms with Crippen molar-refractivity contribution >= 4 is 5.91 Å². The van der Waals surface area contributed by atoms with Crippen molar-refractivity contribution in [2.75, 3.05) is 32.8 Å². The summed E-state index contributed by atoms with van der Waals surface area (Å²) < 4.78 is 5.43. The molecule has 0 aliphatic carbocycles. The number of benzene rings is 1. The number of hydrogen-bond acceptors (Lipinski definition) is 3. The first-order chi connectivity index (χ1) is 11.2. The zero-order chi connectivity index (χ0) is 16.3. The van der Waals surface area contributed by atoms with E-state index >= 15 is 0 Å². The van der Waals surface area contributed by atoms with Gasteiger partial charge in [-0.2, -0.15) is 0 Å². The maximum absolute atomic E-state index is 13.1. The molecule has 3 rings (SSSR count). The van der Waals surface area contributed by atoms with Crippen LogP contribution in [0.2, 0.25) is 0 Å². The van der Waals surface area contributed by atoms with Gasteiger partial charge in [0, 0.05) is 32.8 Å². The Morgan fingerprint density at radius 2 is 2.00 bits per heavy atom. The first kappa shape index (κ1) is 16.5. The number of nitrogens with two attached hydrogens (primary N) is 1. The van der Waals surface area contributed by atoms with Crippen molar-refractivity contribution in [3.05, 3.63) is 35.9 Å². The third-order valence-electron chi connectivity index (χ3n) is 5.71. The fourth-order valence-electron chi connectivity index (χ4n) is 4.13. The predicted octanol–water partition coefficient (Wildman–Crippen LogP) is 2.39. The van der Waals surface area contributed by atoms with Crippen LogP contribution in [-0.4, -0.2) is 43.7 Å². The lowest BCUT2D eigenvalue weighted by molar-refractivity contribution is -0.149. The van der Waals surface area contributed by atoms with E-state index in [9.17, 15) is 4.79 Å². The van der Waals surface area contributed by atoms with Crippen molar-refractivity contribution < 1.29 is 9.53 Å². The summed E-state index contributed by atoms with van der Waals surface area (Å²) in [6.45, 7) is 5.67. The maximum Gasteiger partial charge on any atom is 0.230 e. The Hall–Kier alpha value is -1.39. The van der Waals surface area contributed by atoms with Gasteiger partial charge in [0.2, 0.25) is 5.91 Å². The third-order valence-corrected chi connectivity index (χ3v) is 5.71. The van der Waals surface area contributed by atoms with Crippen LogP contribution in [0.3, 0.4) is 0 Å². The number of nitrogens with zero attached hydrogens (tertiary/aromatic N) is 1. The van der Waals surface area contributed by atoms with Crippen molar-refractivity contribution in [3.8, 4) is 0 Å². The number of rotatable bonds is 3. The molecule has 1 aromatic carbocycles. The van der Waals surface area contributed by atoms with Gasteiger partial charge in [0.1, 0.15) is 0 Å². The molecule has 0 saturated carbocycles. The fraction of sp³-hybridized carbons (Fsp3) is 0.632. The molecule has 1 aromatic rings. The molecule has 4 heteroatoms. The van der Waals surface area contributed by atoms with Gasteiger partial charge in [0.05, 0.1) is 5.41 Å². The van der Waals surface area contributed by atoms with Gasteiger partial charge in [-0.3, -0.25) is 4.79 Å². The van der Waals surface area contributed by atoms with E-state index < -0.39 is 5.41 Å². The summed E-state index contributed by atoms with van der Waals surface area (Å²) >= 11 is 0. The highest BCUT2D eigenvalue weighted by molar-refractivity contribution is 5.83. The molecular formula is C19H28N2O2. The lowest BCUT2D eigenvalue weighted by atomic mass is 9.76. The Bertz CT molecular complexity index is 525. The van der Waals surface area contributed by atoms with Gasteiger partial charge < -0.3 is 15.4 Å². The van der Waals surface area contributed by atoms with Gasteiger partial charge in [-0.25, -0.2) is 0 Å². The summed E-state index contributed by atoms with van der Waals surface area (Å²) in [6, 6.07) is 10.7. The molecule has 23 heavy (non-hydrogen) atoms. The van der Waals surface area contributed by atoms with Gasteiger partial charge in [-0.15, -0.1) is 0 Å². The molecule has 0 radical (unpaired) electrons. The SMILES string of the molecule is CC1CN(C(=O)C2(CN)CCOCC2)CCC1c1ccccc1. The van der Waals surface area contributed by atoms with Crippen LogP contribution in [-0.2, 0) is 9.53 Å². The average molecular weight is 316 g/mol. The van der Waals surface area contributed by atoms with Crippen LogP contribution < -0.4 is 5.73 Å². The smallest absolute Gasteiger partial charge is 0.230 e. The number of amides is 1. The summed E-state index contributed by atoms with van der Waals surface area (Å²) in [4.78, 5) is 15.1. The molecule has 2 N–H and O–H groups in total. The molecule has 2 saturated heterocycles. The number of carbonyl (C=O) groups is 1. The number of piperidine rings is 1. The van der Waals surface area contributed by atoms with Crippen molar-refractivity contribution in [1.82, 2.24) is 4.90 Å². The van der Waals surface area contributed by atoms with E-state index in [-0.39, 0.29) is 5.91 Å². The number of carbonyl (C=O) groups excluding carboxylic acids is 1. The van der Waals surface area contributed by atoms with E-state index in [2.05, 4.69) is 42.2 Å². The Kier molecular flexibility index (Phi) is 5.02. The van der Waals surface area contributed by atoms with E-state index in [1.54, 1.807) is 0 Å². The highest BCUT2D eigenvalue weighted by Gasteiger charge is 2.43. The molecule has 4 nitrogen and oxygen atoms in total. The van der Waals surface area contributed by atoms with Crippen molar-refractivity contribution in [1.29, 1.82) is 0 Å². The van der Waals surface area contributed by atoms with E-state index in [1.807, 2.05) is 0 Å². The minimum absolute atomic E-state index is 0.252. The molecule has 0 bridgehead atoms. The van der Waals surface area contributed by atoms with Crippen LogP contribution in [0, 0.1) is 11.3 Å². The summed E-state index contributed by atoms with van der Waals surface area (Å²) in [5, 5.41) is 0. The molecule has 0 aromatic heterocycles. The monoisotopic (exact) mass is 316 g/mol. The largest absolute Gasteiger partial charge is 0.381 e. The summed E-state index contributed by atoms with van der Waals surface area (Å²) in [6.07, 6.45) is 2.55. The Morgan fingerprint density at radius 3 is 2.61 bits per heavy atom. The van der Waals surface area contributed by atoms with Gasteiger partial charge in [-0.1, -0.05) is 37.3 Å². The molecule has 2 unspecified atom stereocenters. The molecule has 2 heterocycles. The molecule has 2 fully saturated rings. The van der Waals surface area contributed by atoms with E-state index in [0.29, 0.717) is 31.6 Å². The van der Waals surface area contributed by atoms with Gasteiger partial charge >= 0.3 is 0 Å². The van der Waals surface area contributed by atoms with Crippen LogP contribution in [0.15, 0.2) is 30.3 Å². The third kappa shape index (κ3) is 3.29. The molecule has 2 aliphatic rings. The number of hydrogen-bond donors (Lipinski definition) is 1. The highest BCUT2D eigenvalue weighted by atomic mass is 16.5. The fourth-order valence-corrected chi connectivity index (χ4v) is 4.13. The molecular weight excluding hydrogens is 288 g/mol. The van der Waals surface area contributed by atoms with Crippen LogP contribution in [0.4, 0.5) is 0 Å². The van der Waals surface area contributed by atoms with E-state index in [4.69, 9.17) is 10.5 Å². The van der Waals surface area contributed by atoms with Gasteiger partial charge in [0.25, 0.3) is 0 Å². The Morgan fingerprint density at radius 1 is 1.30 bits per heavy atom. The summed E-state index contributed by atoms with van der Waals surface area (Å²) in [7, 11) is 0. The molecule has 126 valence electrons. The second-order valence-corrected chi connectivity index (χ2v) is 7.13. The Balaban J connectivity index is 1.68. The van der Waals surface area contributed by atoms with Crippen LogP contribution in [0.5, 0.6) is 0 Å². The van der Waals surface area contributed by atoms with E-state index in [1.165, 1.54) is 5.56 Å². The molecule has 1 amide bonds. The minimum atomic E-state index is -0.391. The van der Waals surface area contributed by atoms with Crippen molar-refractivity contribution in [2.24, 2.45) is 17.1 Å².